The van der Waals surface area contributed by atoms with Gasteiger partial charge in [0.05, 0.1) is 12.2 Å². The second-order valence-electron chi connectivity index (χ2n) is 4.88. The number of nitrogens with one attached hydrogen (secondary N) is 1. The van der Waals surface area contributed by atoms with Crippen LogP contribution in [0.3, 0.4) is 0 Å². The summed E-state index contributed by atoms with van der Waals surface area (Å²) in [5.74, 6) is 0.859. The SMILES string of the molecule is Cl.FC(F)(F)c1cccc(OCCC2CCCNC2)c1. The van der Waals surface area contributed by atoms with Crippen molar-refractivity contribution in [1.29, 1.82) is 0 Å². The lowest BCUT2D eigenvalue weighted by molar-refractivity contribution is -0.137. The second-order valence-corrected chi connectivity index (χ2v) is 4.88. The Hall–Kier alpha value is -0.940. The summed E-state index contributed by atoms with van der Waals surface area (Å²) in [5.41, 5.74) is -0.663. The maximum absolute atomic E-state index is 12.5. The minimum atomic E-state index is -4.31. The van der Waals surface area contributed by atoms with Gasteiger partial charge in [-0.15, -0.1) is 12.4 Å². The van der Waals surface area contributed by atoms with E-state index in [1.165, 1.54) is 12.5 Å². The zero-order valence-corrected chi connectivity index (χ0v) is 11.9. The largest absolute Gasteiger partial charge is 0.494 e. The van der Waals surface area contributed by atoms with E-state index >= 15 is 0 Å². The number of hydrogen-bond acceptors (Lipinski definition) is 2. The van der Waals surface area contributed by atoms with Gasteiger partial charge >= 0.3 is 6.18 Å². The van der Waals surface area contributed by atoms with E-state index in [2.05, 4.69) is 5.32 Å². The van der Waals surface area contributed by atoms with Crippen molar-refractivity contribution in [2.24, 2.45) is 5.92 Å². The Morgan fingerprint density at radius 3 is 2.75 bits per heavy atom. The van der Waals surface area contributed by atoms with Crippen LogP contribution < -0.4 is 10.1 Å². The van der Waals surface area contributed by atoms with Gasteiger partial charge in [0, 0.05) is 0 Å². The predicted octanol–water partition coefficient (Wildman–Crippen LogP) is 3.90. The van der Waals surface area contributed by atoms with Crippen LogP contribution in [0.4, 0.5) is 13.2 Å². The van der Waals surface area contributed by atoms with E-state index in [1.54, 1.807) is 6.07 Å². The van der Waals surface area contributed by atoms with Gasteiger partial charge in [-0.1, -0.05) is 6.07 Å². The van der Waals surface area contributed by atoms with Crippen molar-refractivity contribution in [3.63, 3.8) is 0 Å². The maximum atomic E-state index is 12.5. The molecule has 0 aromatic heterocycles. The van der Waals surface area contributed by atoms with E-state index in [1.807, 2.05) is 0 Å². The summed E-state index contributed by atoms with van der Waals surface area (Å²) in [6, 6.07) is 5.05. The molecule has 2 rings (SSSR count). The molecular formula is C14H19ClF3NO. The van der Waals surface area contributed by atoms with Gasteiger partial charge in [-0.3, -0.25) is 0 Å². The highest BCUT2D eigenvalue weighted by atomic mass is 35.5. The number of rotatable bonds is 4. The van der Waals surface area contributed by atoms with Gasteiger partial charge in [0.1, 0.15) is 5.75 Å². The fourth-order valence-electron chi connectivity index (χ4n) is 2.28. The molecule has 20 heavy (non-hydrogen) atoms. The molecule has 0 amide bonds. The van der Waals surface area contributed by atoms with E-state index in [-0.39, 0.29) is 12.4 Å². The molecule has 1 aromatic carbocycles. The minimum Gasteiger partial charge on any atom is -0.494 e. The van der Waals surface area contributed by atoms with Crippen molar-refractivity contribution in [3.8, 4) is 5.75 Å². The highest BCUT2D eigenvalue weighted by Crippen LogP contribution is 2.31. The van der Waals surface area contributed by atoms with Crippen molar-refractivity contribution < 1.29 is 17.9 Å². The summed E-state index contributed by atoms with van der Waals surface area (Å²) in [4.78, 5) is 0. The molecule has 1 saturated heterocycles. The van der Waals surface area contributed by atoms with E-state index in [0.717, 1.165) is 38.1 Å². The third-order valence-corrected chi connectivity index (χ3v) is 3.36. The lowest BCUT2D eigenvalue weighted by Crippen LogP contribution is -2.30. The number of hydrogen-bond donors (Lipinski definition) is 1. The third kappa shape index (κ3) is 5.21. The molecule has 1 unspecified atom stereocenters. The fourth-order valence-corrected chi connectivity index (χ4v) is 2.28. The van der Waals surface area contributed by atoms with Gasteiger partial charge in [0.25, 0.3) is 0 Å². The molecule has 0 bridgehead atoms. The van der Waals surface area contributed by atoms with Crippen molar-refractivity contribution in [3.05, 3.63) is 29.8 Å². The Morgan fingerprint density at radius 1 is 1.30 bits per heavy atom. The molecule has 1 aliphatic heterocycles. The molecule has 1 atom stereocenters. The molecular weight excluding hydrogens is 291 g/mol. The van der Waals surface area contributed by atoms with Crippen molar-refractivity contribution in [2.45, 2.75) is 25.4 Å². The van der Waals surface area contributed by atoms with Crippen LogP contribution in [0.1, 0.15) is 24.8 Å². The van der Waals surface area contributed by atoms with Crippen molar-refractivity contribution in [2.75, 3.05) is 19.7 Å². The number of benzene rings is 1. The van der Waals surface area contributed by atoms with Gasteiger partial charge in [-0.2, -0.15) is 13.2 Å². The van der Waals surface area contributed by atoms with Crippen LogP contribution in [-0.2, 0) is 6.18 Å². The number of ether oxygens (including phenoxy) is 1. The predicted molar refractivity (Wildman–Crippen MR) is 74.4 cm³/mol. The van der Waals surface area contributed by atoms with Gasteiger partial charge in [-0.25, -0.2) is 0 Å². The van der Waals surface area contributed by atoms with Crippen LogP contribution in [0.25, 0.3) is 0 Å². The van der Waals surface area contributed by atoms with E-state index < -0.39 is 11.7 Å². The van der Waals surface area contributed by atoms with Crippen LogP contribution in [0.5, 0.6) is 5.75 Å². The Bertz CT molecular complexity index is 406. The summed E-state index contributed by atoms with van der Waals surface area (Å²) in [6.07, 6.45) is -1.11. The van der Waals surface area contributed by atoms with Gasteiger partial charge < -0.3 is 10.1 Å². The molecule has 6 heteroatoms. The van der Waals surface area contributed by atoms with Crippen LogP contribution in [-0.4, -0.2) is 19.7 Å². The fraction of sp³-hybridized carbons (Fsp3) is 0.571. The first-order valence-corrected chi connectivity index (χ1v) is 6.56. The normalized spacial score (nSPS) is 19.2. The first-order valence-electron chi connectivity index (χ1n) is 6.56. The Balaban J connectivity index is 0.00000200. The summed E-state index contributed by atoms with van der Waals surface area (Å²) < 4.78 is 43.0. The standard InChI is InChI=1S/C14H18F3NO.ClH/c15-14(16,17)12-4-1-5-13(9-12)19-8-6-11-3-2-7-18-10-11;/h1,4-5,9,11,18H,2-3,6-8,10H2;1H. The summed E-state index contributed by atoms with van der Waals surface area (Å²) in [7, 11) is 0. The monoisotopic (exact) mass is 309 g/mol. The topological polar surface area (TPSA) is 21.3 Å². The zero-order chi connectivity index (χ0) is 13.7. The molecule has 0 radical (unpaired) electrons. The molecule has 2 nitrogen and oxygen atoms in total. The number of halogens is 4. The molecule has 0 spiro atoms. The van der Waals surface area contributed by atoms with Gasteiger partial charge in [0.15, 0.2) is 0 Å². The van der Waals surface area contributed by atoms with Crippen molar-refractivity contribution >= 4 is 12.4 Å². The summed E-state index contributed by atoms with van der Waals surface area (Å²) in [6.45, 7) is 2.50. The highest BCUT2D eigenvalue weighted by molar-refractivity contribution is 5.85. The smallest absolute Gasteiger partial charge is 0.416 e. The molecule has 1 fully saturated rings. The first kappa shape index (κ1) is 17.1. The lowest BCUT2D eigenvalue weighted by Gasteiger charge is -2.22. The minimum absolute atomic E-state index is 0. The Morgan fingerprint density at radius 2 is 2.10 bits per heavy atom. The molecule has 1 N–H and O–H groups in total. The Kier molecular flexibility index (Phi) is 6.62. The molecule has 0 saturated carbocycles. The highest BCUT2D eigenvalue weighted by Gasteiger charge is 2.30. The van der Waals surface area contributed by atoms with Gasteiger partial charge in [-0.05, 0) is 56.5 Å². The van der Waals surface area contributed by atoms with Crippen LogP contribution >= 0.6 is 12.4 Å². The Labute approximate surface area is 123 Å². The maximum Gasteiger partial charge on any atom is 0.416 e. The van der Waals surface area contributed by atoms with Gasteiger partial charge in [0.2, 0.25) is 0 Å². The molecule has 1 aromatic rings. The zero-order valence-electron chi connectivity index (χ0n) is 11.1. The third-order valence-electron chi connectivity index (χ3n) is 3.36. The summed E-state index contributed by atoms with van der Waals surface area (Å²) in [5, 5.41) is 3.31. The molecule has 1 heterocycles. The lowest BCUT2D eigenvalue weighted by atomic mass is 9.97. The molecule has 114 valence electrons. The average Bonchev–Trinajstić information content (AvgIpc) is 2.39. The van der Waals surface area contributed by atoms with Crippen LogP contribution in [0.2, 0.25) is 0 Å². The number of piperidine rings is 1. The molecule has 0 aliphatic carbocycles. The second kappa shape index (κ2) is 7.74. The average molecular weight is 310 g/mol. The molecule has 1 aliphatic rings. The van der Waals surface area contributed by atoms with Crippen LogP contribution in [0.15, 0.2) is 24.3 Å². The number of alkyl halides is 3. The van der Waals surface area contributed by atoms with Crippen LogP contribution in [0, 0.1) is 5.92 Å². The summed E-state index contributed by atoms with van der Waals surface area (Å²) >= 11 is 0. The van der Waals surface area contributed by atoms with E-state index in [9.17, 15) is 13.2 Å². The van der Waals surface area contributed by atoms with Crippen molar-refractivity contribution in [1.82, 2.24) is 5.32 Å². The quantitative estimate of drug-likeness (QED) is 0.911. The van der Waals surface area contributed by atoms with E-state index in [0.29, 0.717) is 18.3 Å². The van der Waals surface area contributed by atoms with E-state index in [4.69, 9.17) is 4.74 Å². The first-order chi connectivity index (χ1) is 9.05.